The lowest BCUT2D eigenvalue weighted by molar-refractivity contribution is 0.0920. The van der Waals surface area contributed by atoms with Crippen LogP contribution in [0.3, 0.4) is 0 Å². The molecule has 0 bridgehead atoms. The number of carbonyl (C=O) groups excluding carboxylic acids is 1. The van der Waals surface area contributed by atoms with E-state index in [1.165, 1.54) is 0 Å². The largest absolute Gasteiger partial charge is 0.497 e. The van der Waals surface area contributed by atoms with Crippen molar-refractivity contribution in [2.45, 2.75) is 0 Å². The summed E-state index contributed by atoms with van der Waals surface area (Å²) in [6, 6.07) is 10.7. The smallest absolute Gasteiger partial charge is 0.200 e. The molecule has 6 heteroatoms. The first-order valence-corrected chi connectivity index (χ1v) is 8.33. The molecule has 2 aromatic carbocycles. The zero-order valence-electron chi connectivity index (χ0n) is 11.0. The van der Waals surface area contributed by atoms with Gasteiger partial charge in [0, 0.05) is 10.0 Å². The molecule has 0 aliphatic heterocycles. The first kappa shape index (κ1) is 16.5. The first-order chi connectivity index (χ1) is 10.0. The van der Waals surface area contributed by atoms with Gasteiger partial charge in [-0.15, -0.1) is 0 Å². The van der Waals surface area contributed by atoms with Crippen LogP contribution < -0.4 is 9.47 Å². The predicted molar refractivity (Wildman–Crippen MR) is 92.4 cm³/mol. The SMILES string of the molecule is COc1ccc(C(=O)COc2c(Br)cc(Br)cc2Br)cc1. The molecular formula is C15H11Br3O3. The van der Waals surface area contributed by atoms with Crippen molar-refractivity contribution in [2.24, 2.45) is 0 Å². The molecule has 0 fully saturated rings. The lowest BCUT2D eigenvalue weighted by Crippen LogP contribution is -2.12. The Kier molecular flexibility index (Phi) is 5.84. The molecule has 3 nitrogen and oxygen atoms in total. The lowest BCUT2D eigenvalue weighted by Gasteiger charge is -2.10. The summed E-state index contributed by atoms with van der Waals surface area (Å²) in [5, 5.41) is 0. The van der Waals surface area contributed by atoms with E-state index in [-0.39, 0.29) is 12.4 Å². The van der Waals surface area contributed by atoms with Gasteiger partial charge in [-0.2, -0.15) is 0 Å². The summed E-state index contributed by atoms with van der Waals surface area (Å²) in [5.41, 5.74) is 0.583. The number of methoxy groups -OCH3 is 1. The average Bonchev–Trinajstić information content (AvgIpc) is 2.46. The molecule has 0 unspecified atom stereocenters. The Balaban J connectivity index is 2.07. The number of benzene rings is 2. The molecule has 0 aliphatic rings. The van der Waals surface area contributed by atoms with Crippen LogP contribution in [0.1, 0.15) is 10.4 Å². The monoisotopic (exact) mass is 476 g/mol. The highest BCUT2D eigenvalue weighted by Crippen LogP contribution is 2.36. The van der Waals surface area contributed by atoms with Crippen LogP contribution in [0.15, 0.2) is 49.8 Å². The van der Waals surface area contributed by atoms with Gasteiger partial charge in [-0.25, -0.2) is 0 Å². The highest BCUT2D eigenvalue weighted by Gasteiger charge is 2.12. The van der Waals surface area contributed by atoms with Gasteiger partial charge in [0.25, 0.3) is 0 Å². The number of hydrogen-bond donors (Lipinski definition) is 0. The summed E-state index contributed by atoms with van der Waals surface area (Å²) >= 11 is 10.2. The maximum atomic E-state index is 12.1. The van der Waals surface area contributed by atoms with Gasteiger partial charge in [0.05, 0.1) is 16.1 Å². The second kappa shape index (κ2) is 7.42. The van der Waals surface area contributed by atoms with Gasteiger partial charge in [0.2, 0.25) is 0 Å². The van der Waals surface area contributed by atoms with Crippen molar-refractivity contribution in [1.82, 2.24) is 0 Å². The summed E-state index contributed by atoms with van der Waals surface area (Å²) in [7, 11) is 1.59. The third-order valence-electron chi connectivity index (χ3n) is 2.72. The first-order valence-electron chi connectivity index (χ1n) is 5.96. The van der Waals surface area contributed by atoms with Crippen LogP contribution in [0.25, 0.3) is 0 Å². The van der Waals surface area contributed by atoms with Crippen molar-refractivity contribution in [3.63, 3.8) is 0 Å². The Hall–Kier alpha value is -0.850. The van der Waals surface area contributed by atoms with E-state index in [0.717, 1.165) is 13.4 Å². The molecule has 2 aromatic rings. The van der Waals surface area contributed by atoms with Crippen molar-refractivity contribution in [1.29, 1.82) is 0 Å². The Labute approximate surface area is 148 Å². The topological polar surface area (TPSA) is 35.5 Å². The van der Waals surface area contributed by atoms with Gasteiger partial charge in [0.15, 0.2) is 12.4 Å². The van der Waals surface area contributed by atoms with Crippen LogP contribution in [0.4, 0.5) is 0 Å². The number of hydrogen-bond acceptors (Lipinski definition) is 3. The summed E-state index contributed by atoms with van der Waals surface area (Å²) in [6.07, 6.45) is 0. The molecule has 0 aliphatic carbocycles. The van der Waals surface area contributed by atoms with Crippen LogP contribution in [0.2, 0.25) is 0 Å². The van der Waals surface area contributed by atoms with Crippen LogP contribution in [0.5, 0.6) is 11.5 Å². The number of ether oxygens (including phenoxy) is 2. The fraction of sp³-hybridized carbons (Fsp3) is 0.133. The summed E-state index contributed by atoms with van der Waals surface area (Å²) < 4.78 is 13.1. The van der Waals surface area contributed by atoms with Gasteiger partial charge in [-0.1, -0.05) is 15.9 Å². The minimum absolute atomic E-state index is 0.0365. The van der Waals surface area contributed by atoms with Crippen LogP contribution in [-0.4, -0.2) is 19.5 Å². The number of rotatable bonds is 5. The highest BCUT2D eigenvalue weighted by atomic mass is 79.9. The van der Waals surface area contributed by atoms with Crippen LogP contribution in [0, 0.1) is 0 Å². The minimum Gasteiger partial charge on any atom is -0.497 e. The molecule has 110 valence electrons. The molecule has 0 amide bonds. The Morgan fingerprint density at radius 3 is 2.14 bits per heavy atom. The predicted octanol–water partition coefficient (Wildman–Crippen LogP) is 5.24. The van der Waals surface area contributed by atoms with Gasteiger partial charge in [0.1, 0.15) is 11.5 Å². The van der Waals surface area contributed by atoms with Crippen LogP contribution >= 0.6 is 47.8 Å². The zero-order chi connectivity index (χ0) is 15.4. The molecule has 21 heavy (non-hydrogen) atoms. The second-order valence-corrected chi connectivity index (χ2v) is 6.76. The van der Waals surface area contributed by atoms with E-state index in [0.29, 0.717) is 17.1 Å². The molecule has 0 heterocycles. The normalized spacial score (nSPS) is 10.3. The van der Waals surface area contributed by atoms with Crippen LogP contribution in [-0.2, 0) is 0 Å². The Morgan fingerprint density at radius 1 is 1.05 bits per heavy atom. The summed E-state index contributed by atoms with van der Waals surface area (Å²) in [5.74, 6) is 1.21. The van der Waals surface area contributed by atoms with Gasteiger partial charge < -0.3 is 9.47 Å². The second-order valence-electron chi connectivity index (χ2n) is 4.14. The van der Waals surface area contributed by atoms with Crippen molar-refractivity contribution in [2.75, 3.05) is 13.7 Å². The molecule has 0 saturated carbocycles. The summed E-state index contributed by atoms with van der Waals surface area (Å²) in [4.78, 5) is 12.1. The van der Waals surface area contributed by atoms with E-state index in [4.69, 9.17) is 9.47 Å². The molecule has 0 radical (unpaired) electrons. The van der Waals surface area contributed by atoms with Gasteiger partial charge in [-0.05, 0) is 68.3 Å². The Bertz CT molecular complexity index is 631. The highest BCUT2D eigenvalue weighted by molar-refractivity contribution is 9.11. The quantitative estimate of drug-likeness (QED) is 0.551. The van der Waals surface area contributed by atoms with E-state index in [9.17, 15) is 4.79 Å². The summed E-state index contributed by atoms with van der Waals surface area (Å²) in [6.45, 7) is -0.0365. The third-order valence-corrected chi connectivity index (χ3v) is 4.36. The molecular weight excluding hydrogens is 468 g/mol. The number of carbonyl (C=O) groups is 1. The molecule has 0 N–H and O–H groups in total. The average molecular weight is 479 g/mol. The third kappa shape index (κ3) is 4.31. The number of Topliss-reactive ketones (excluding diaryl/α,β-unsaturated/α-hetero) is 1. The van der Waals surface area contributed by atoms with Gasteiger partial charge >= 0.3 is 0 Å². The minimum atomic E-state index is -0.0978. The van der Waals surface area contributed by atoms with Crippen molar-refractivity contribution in [3.8, 4) is 11.5 Å². The maximum absolute atomic E-state index is 12.1. The van der Waals surface area contributed by atoms with E-state index in [1.54, 1.807) is 31.4 Å². The van der Waals surface area contributed by atoms with Gasteiger partial charge in [-0.3, -0.25) is 4.79 Å². The zero-order valence-corrected chi connectivity index (χ0v) is 15.8. The van der Waals surface area contributed by atoms with E-state index in [1.807, 2.05) is 12.1 Å². The fourth-order valence-electron chi connectivity index (χ4n) is 1.66. The molecule has 0 aromatic heterocycles. The molecule has 0 saturated heterocycles. The maximum Gasteiger partial charge on any atom is 0.200 e. The van der Waals surface area contributed by atoms with E-state index in [2.05, 4.69) is 47.8 Å². The standard InChI is InChI=1S/C15H11Br3O3/c1-20-11-4-2-9(3-5-11)14(19)8-21-15-12(17)6-10(16)7-13(15)18/h2-7H,8H2,1H3. The van der Waals surface area contributed by atoms with E-state index < -0.39 is 0 Å². The molecule has 0 spiro atoms. The lowest BCUT2D eigenvalue weighted by atomic mass is 10.1. The molecule has 0 atom stereocenters. The Morgan fingerprint density at radius 2 is 1.62 bits per heavy atom. The molecule has 2 rings (SSSR count). The number of halogens is 3. The van der Waals surface area contributed by atoms with Crippen molar-refractivity contribution >= 4 is 53.6 Å². The van der Waals surface area contributed by atoms with Crippen molar-refractivity contribution < 1.29 is 14.3 Å². The number of ketones is 1. The van der Waals surface area contributed by atoms with E-state index >= 15 is 0 Å². The van der Waals surface area contributed by atoms with Crippen molar-refractivity contribution in [3.05, 3.63) is 55.4 Å². The fourth-order valence-corrected chi connectivity index (χ4v) is 4.15.